The summed E-state index contributed by atoms with van der Waals surface area (Å²) in [6.07, 6.45) is 1.71. The van der Waals surface area contributed by atoms with Gasteiger partial charge in [0.25, 0.3) is 5.91 Å². The van der Waals surface area contributed by atoms with Crippen molar-refractivity contribution in [3.05, 3.63) is 96.2 Å². The number of anilines is 1. The summed E-state index contributed by atoms with van der Waals surface area (Å²) in [6.45, 7) is 1.49. The summed E-state index contributed by atoms with van der Waals surface area (Å²) in [6, 6.07) is 23.8. The first-order valence-electron chi connectivity index (χ1n) is 9.77. The van der Waals surface area contributed by atoms with Crippen molar-refractivity contribution in [3.8, 4) is 22.7 Å². The van der Waals surface area contributed by atoms with Gasteiger partial charge in [-0.05, 0) is 55.5 Å². The van der Waals surface area contributed by atoms with Gasteiger partial charge in [-0.15, -0.1) is 0 Å². The molecule has 6 heteroatoms. The minimum atomic E-state index is -0.311. The molecule has 6 nitrogen and oxygen atoms in total. The summed E-state index contributed by atoms with van der Waals surface area (Å²) in [4.78, 5) is 24.9. The van der Waals surface area contributed by atoms with Gasteiger partial charge in [-0.1, -0.05) is 30.3 Å². The smallest absolute Gasteiger partial charge is 0.259 e. The van der Waals surface area contributed by atoms with Crippen LogP contribution in [0.3, 0.4) is 0 Å². The van der Waals surface area contributed by atoms with Gasteiger partial charge in [-0.2, -0.15) is 5.10 Å². The molecule has 0 spiro atoms. The fourth-order valence-corrected chi connectivity index (χ4v) is 3.23. The molecule has 0 radical (unpaired) electrons. The van der Waals surface area contributed by atoms with Gasteiger partial charge in [0.2, 0.25) is 0 Å². The molecule has 0 unspecified atom stereocenters. The lowest BCUT2D eigenvalue weighted by atomic mass is 10.1. The summed E-state index contributed by atoms with van der Waals surface area (Å²) in [5, 5.41) is 7.56. The first kappa shape index (κ1) is 20.1. The van der Waals surface area contributed by atoms with Gasteiger partial charge in [0, 0.05) is 23.0 Å². The average molecular weight is 411 g/mol. The van der Waals surface area contributed by atoms with E-state index >= 15 is 0 Å². The summed E-state index contributed by atoms with van der Waals surface area (Å²) in [5.74, 6) is 0.346. The SMILES string of the molecule is COc1ccc(-c2nn(-c3ccccc3)cc2C(=O)Nc2cccc(C(C)=O)c2)cc1. The molecule has 4 aromatic rings. The van der Waals surface area contributed by atoms with Gasteiger partial charge < -0.3 is 10.1 Å². The molecule has 1 aromatic heterocycles. The van der Waals surface area contributed by atoms with Crippen LogP contribution in [0.5, 0.6) is 5.75 Å². The number of carbonyl (C=O) groups is 2. The number of hydrogen-bond acceptors (Lipinski definition) is 4. The van der Waals surface area contributed by atoms with Gasteiger partial charge in [0.15, 0.2) is 5.78 Å². The Morgan fingerprint density at radius 1 is 0.935 bits per heavy atom. The Bertz CT molecular complexity index is 1230. The maximum Gasteiger partial charge on any atom is 0.259 e. The lowest BCUT2D eigenvalue weighted by Gasteiger charge is -2.07. The van der Waals surface area contributed by atoms with Gasteiger partial charge in [0.1, 0.15) is 11.4 Å². The molecule has 0 aliphatic heterocycles. The standard InChI is InChI=1S/C25H21N3O3/c1-17(29)19-7-6-8-20(15-19)26-25(30)23-16-28(21-9-4-3-5-10-21)27-24(23)18-11-13-22(31-2)14-12-18/h3-16H,1-2H3,(H,26,30). The summed E-state index contributed by atoms with van der Waals surface area (Å²) in [5.41, 5.74) is 3.68. The molecule has 0 aliphatic rings. The van der Waals surface area contributed by atoms with Gasteiger partial charge >= 0.3 is 0 Å². The zero-order valence-corrected chi connectivity index (χ0v) is 17.2. The molecule has 0 fully saturated rings. The number of ketones is 1. The molecule has 1 heterocycles. The normalized spacial score (nSPS) is 10.5. The number of nitrogens with one attached hydrogen (secondary N) is 1. The van der Waals surface area contributed by atoms with E-state index in [-0.39, 0.29) is 11.7 Å². The van der Waals surface area contributed by atoms with Crippen LogP contribution in [0, 0.1) is 0 Å². The number of nitrogens with zero attached hydrogens (tertiary/aromatic N) is 2. The molecule has 0 aliphatic carbocycles. The molecule has 1 amide bonds. The van der Waals surface area contributed by atoms with Crippen LogP contribution >= 0.6 is 0 Å². The average Bonchev–Trinajstić information content (AvgIpc) is 3.25. The monoisotopic (exact) mass is 411 g/mol. The highest BCUT2D eigenvalue weighted by Gasteiger charge is 2.19. The van der Waals surface area contributed by atoms with E-state index in [0.717, 1.165) is 17.0 Å². The fraction of sp³-hybridized carbons (Fsp3) is 0.0800. The number of aromatic nitrogens is 2. The topological polar surface area (TPSA) is 73.2 Å². The molecule has 4 rings (SSSR count). The molecule has 0 bridgehead atoms. The van der Waals surface area contributed by atoms with Crippen molar-refractivity contribution in [3.63, 3.8) is 0 Å². The Labute approximate surface area is 180 Å². The molecule has 3 aromatic carbocycles. The zero-order valence-electron chi connectivity index (χ0n) is 17.2. The van der Waals surface area contributed by atoms with Crippen molar-refractivity contribution in [1.82, 2.24) is 9.78 Å². The molecule has 0 atom stereocenters. The van der Waals surface area contributed by atoms with Crippen LogP contribution in [0.2, 0.25) is 0 Å². The zero-order chi connectivity index (χ0) is 21.8. The number of Topliss-reactive ketones (excluding diaryl/α,β-unsaturated/α-hetero) is 1. The molecule has 31 heavy (non-hydrogen) atoms. The Kier molecular flexibility index (Phi) is 5.62. The van der Waals surface area contributed by atoms with Crippen molar-refractivity contribution in [2.45, 2.75) is 6.92 Å². The highest BCUT2D eigenvalue weighted by atomic mass is 16.5. The maximum absolute atomic E-state index is 13.2. The lowest BCUT2D eigenvalue weighted by Crippen LogP contribution is -2.12. The second kappa shape index (κ2) is 8.67. The number of rotatable bonds is 6. The number of carbonyl (C=O) groups excluding carboxylic acids is 2. The lowest BCUT2D eigenvalue weighted by molar-refractivity contribution is 0.101. The maximum atomic E-state index is 13.2. The van der Waals surface area contributed by atoms with Crippen LogP contribution in [-0.4, -0.2) is 28.6 Å². The predicted molar refractivity (Wildman–Crippen MR) is 120 cm³/mol. The number of amides is 1. The third-order valence-electron chi connectivity index (χ3n) is 4.87. The van der Waals surface area contributed by atoms with Crippen LogP contribution < -0.4 is 10.1 Å². The van der Waals surface area contributed by atoms with Crippen molar-refractivity contribution >= 4 is 17.4 Å². The quantitative estimate of drug-likeness (QED) is 0.453. The largest absolute Gasteiger partial charge is 0.497 e. The number of methoxy groups -OCH3 is 1. The van der Waals surface area contributed by atoms with Crippen LogP contribution in [0.25, 0.3) is 16.9 Å². The van der Waals surface area contributed by atoms with Crippen LogP contribution in [0.15, 0.2) is 85.1 Å². The first-order valence-corrected chi connectivity index (χ1v) is 9.77. The Morgan fingerprint density at radius 2 is 1.68 bits per heavy atom. The van der Waals surface area contributed by atoms with E-state index < -0.39 is 0 Å². The van der Waals surface area contributed by atoms with Crippen molar-refractivity contribution in [2.75, 3.05) is 12.4 Å². The fourth-order valence-electron chi connectivity index (χ4n) is 3.23. The van der Waals surface area contributed by atoms with E-state index in [2.05, 4.69) is 10.4 Å². The Balaban J connectivity index is 1.74. The number of para-hydroxylation sites is 1. The number of benzene rings is 3. The molecular formula is C25H21N3O3. The minimum Gasteiger partial charge on any atom is -0.497 e. The molecule has 1 N–H and O–H groups in total. The van der Waals surface area contributed by atoms with Gasteiger partial charge in [-0.3, -0.25) is 9.59 Å². The summed E-state index contributed by atoms with van der Waals surface area (Å²) >= 11 is 0. The Hall–Kier alpha value is -4.19. The predicted octanol–water partition coefficient (Wildman–Crippen LogP) is 5.00. The van der Waals surface area contributed by atoms with E-state index in [1.165, 1.54) is 6.92 Å². The van der Waals surface area contributed by atoms with E-state index in [4.69, 9.17) is 4.74 Å². The van der Waals surface area contributed by atoms with Gasteiger partial charge in [0.05, 0.1) is 18.4 Å². The third-order valence-corrected chi connectivity index (χ3v) is 4.87. The van der Waals surface area contributed by atoms with Crippen LogP contribution in [0.1, 0.15) is 27.6 Å². The van der Waals surface area contributed by atoms with E-state index in [0.29, 0.717) is 22.5 Å². The van der Waals surface area contributed by atoms with Crippen molar-refractivity contribution in [2.24, 2.45) is 0 Å². The van der Waals surface area contributed by atoms with Crippen molar-refractivity contribution < 1.29 is 14.3 Å². The summed E-state index contributed by atoms with van der Waals surface area (Å²) in [7, 11) is 1.60. The Morgan fingerprint density at radius 3 is 2.35 bits per heavy atom. The second-order valence-corrected chi connectivity index (χ2v) is 6.99. The van der Waals surface area contributed by atoms with E-state index in [1.807, 2.05) is 54.6 Å². The highest BCUT2D eigenvalue weighted by Crippen LogP contribution is 2.27. The second-order valence-electron chi connectivity index (χ2n) is 6.99. The number of ether oxygens (including phenoxy) is 1. The molecule has 154 valence electrons. The van der Waals surface area contributed by atoms with E-state index in [9.17, 15) is 9.59 Å². The van der Waals surface area contributed by atoms with Crippen molar-refractivity contribution in [1.29, 1.82) is 0 Å². The van der Waals surface area contributed by atoms with Gasteiger partial charge in [-0.25, -0.2) is 4.68 Å². The molecular weight excluding hydrogens is 390 g/mol. The molecule has 0 saturated heterocycles. The third kappa shape index (κ3) is 4.38. The van der Waals surface area contributed by atoms with Crippen LogP contribution in [-0.2, 0) is 0 Å². The first-order chi connectivity index (χ1) is 15.0. The van der Waals surface area contributed by atoms with E-state index in [1.54, 1.807) is 42.3 Å². The highest BCUT2D eigenvalue weighted by molar-refractivity contribution is 6.08. The molecule has 0 saturated carbocycles. The number of hydrogen-bond donors (Lipinski definition) is 1. The minimum absolute atomic E-state index is 0.0630. The summed E-state index contributed by atoms with van der Waals surface area (Å²) < 4.78 is 6.92. The van der Waals surface area contributed by atoms with Crippen LogP contribution in [0.4, 0.5) is 5.69 Å².